The molecule has 0 fully saturated rings. The predicted octanol–water partition coefficient (Wildman–Crippen LogP) is 3.45. The van der Waals surface area contributed by atoms with Gasteiger partial charge >= 0.3 is 6.03 Å². The van der Waals surface area contributed by atoms with E-state index in [-0.39, 0.29) is 6.03 Å². The first-order chi connectivity index (χ1) is 12.7. The Hall–Kier alpha value is -3.00. The molecule has 2 aromatic heterocycles. The van der Waals surface area contributed by atoms with E-state index in [0.717, 1.165) is 11.3 Å². The summed E-state index contributed by atoms with van der Waals surface area (Å²) in [5.41, 5.74) is 2.57. The fraction of sp³-hybridized carbons (Fsp3) is 0.222. The molecule has 0 aliphatic heterocycles. The number of hydrogen-bond donors (Lipinski definition) is 2. The van der Waals surface area contributed by atoms with Gasteiger partial charge in [-0.05, 0) is 29.6 Å². The Morgan fingerprint density at radius 2 is 2.12 bits per heavy atom. The molecule has 1 aromatic carbocycles. The highest BCUT2D eigenvalue weighted by atomic mass is 32.1. The van der Waals surface area contributed by atoms with Gasteiger partial charge in [0.05, 0.1) is 32.1 Å². The van der Waals surface area contributed by atoms with Gasteiger partial charge in [-0.1, -0.05) is 6.07 Å². The number of carbonyl (C=O) groups excluding carboxylic acids is 1. The molecule has 0 bridgehead atoms. The third kappa shape index (κ3) is 4.15. The number of methoxy groups -OCH3 is 2. The van der Waals surface area contributed by atoms with Gasteiger partial charge in [0.2, 0.25) is 0 Å². The van der Waals surface area contributed by atoms with Gasteiger partial charge in [-0.2, -0.15) is 16.4 Å². The first-order valence-corrected chi connectivity index (χ1v) is 8.97. The quantitative estimate of drug-likeness (QED) is 0.666. The summed E-state index contributed by atoms with van der Waals surface area (Å²) in [7, 11) is 3.08. The molecule has 2 N–H and O–H groups in total. The summed E-state index contributed by atoms with van der Waals surface area (Å²) in [6, 6.07) is 8.98. The fourth-order valence-corrected chi connectivity index (χ4v) is 3.14. The van der Waals surface area contributed by atoms with Gasteiger partial charge in [0, 0.05) is 23.7 Å². The minimum absolute atomic E-state index is 0.318. The molecule has 136 valence electrons. The highest BCUT2D eigenvalue weighted by molar-refractivity contribution is 7.08. The smallest absolute Gasteiger partial charge is 0.319 e. The number of anilines is 1. The van der Waals surface area contributed by atoms with Crippen molar-refractivity contribution in [3.8, 4) is 22.8 Å². The molecule has 0 radical (unpaired) electrons. The molecule has 0 spiro atoms. The lowest BCUT2D eigenvalue weighted by Gasteiger charge is -2.13. The van der Waals surface area contributed by atoms with Crippen LogP contribution >= 0.6 is 11.3 Å². The average Bonchev–Trinajstić information content (AvgIpc) is 3.33. The summed E-state index contributed by atoms with van der Waals surface area (Å²) < 4.78 is 12.3. The topological polar surface area (TPSA) is 77.4 Å². The number of hydrogen-bond acceptors (Lipinski definition) is 5. The van der Waals surface area contributed by atoms with Crippen LogP contribution in [-0.2, 0) is 6.54 Å². The molecule has 8 heteroatoms. The number of urea groups is 1. The van der Waals surface area contributed by atoms with E-state index in [9.17, 15) is 4.79 Å². The molecule has 26 heavy (non-hydrogen) atoms. The van der Waals surface area contributed by atoms with E-state index in [1.807, 2.05) is 23.7 Å². The van der Waals surface area contributed by atoms with Gasteiger partial charge in [0.15, 0.2) is 11.5 Å². The van der Waals surface area contributed by atoms with Gasteiger partial charge < -0.3 is 20.1 Å². The summed E-state index contributed by atoms with van der Waals surface area (Å²) in [6.07, 6.45) is 1.90. The maximum absolute atomic E-state index is 12.1. The lowest BCUT2D eigenvalue weighted by atomic mass is 10.2. The number of nitrogens with one attached hydrogen (secondary N) is 2. The SMILES string of the molecule is COc1cccc(NC(=O)NCCn2ccc(-c3ccsc3)n2)c1OC. The van der Waals surface area contributed by atoms with Crippen molar-refractivity contribution >= 4 is 23.1 Å². The van der Waals surface area contributed by atoms with Gasteiger partial charge in [-0.15, -0.1) is 0 Å². The standard InChI is InChI=1S/C18H20N4O3S/c1-24-16-5-3-4-15(17(16)25-2)20-18(23)19-8-10-22-9-6-14(21-22)13-7-11-26-12-13/h3-7,9,11-12H,8,10H2,1-2H3,(H2,19,20,23). The van der Waals surface area contributed by atoms with Crippen LogP contribution in [0.25, 0.3) is 11.3 Å². The fourth-order valence-electron chi connectivity index (χ4n) is 2.49. The summed E-state index contributed by atoms with van der Waals surface area (Å²) >= 11 is 1.64. The average molecular weight is 372 g/mol. The number of carbonyl (C=O) groups is 1. The van der Waals surface area contributed by atoms with Crippen molar-refractivity contribution in [3.05, 3.63) is 47.3 Å². The Labute approximate surface area is 155 Å². The Balaban J connectivity index is 1.52. The molecular weight excluding hydrogens is 352 g/mol. The minimum Gasteiger partial charge on any atom is -0.493 e. The lowest BCUT2D eigenvalue weighted by Crippen LogP contribution is -2.31. The largest absolute Gasteiger partial charge is 0.493 e. The van der Waals surface area contributed by atoms with Gasteiger partial charge in [-0.3, -0.25) is 4.68 Å². The molecule has 7 nitrogen and oxygen atoms in total. The van der Waals surface area contributed by atoms with Gasteiger partial charge in [0.1, 0.15) is 0 Å². The molecule has 0 saturated heterocycles. The number of nitrogens with zero attached hydrogens (tertiary/aromatic N) is 2. The maximum atomic E-state index is 12.1. The molecule has 3 aromatic rings. The van der Waals surface area contributed by atoms with E-state index < -0.39 is 0 Å². The molecule has 0 unspecified atom stereocenters. The Morgan fingerprint density at radius 1 is 1.23 bits per heavy atom. The van der Waals surface area contributed by atoms with Crippen LogP contribution in [0.4, 0.5) is 10.5 Å². The molecule has 0 aliphatic carbocycles. The number of para-hydroxylation sites is 1. The van der Waals surface area contributed by atoms with Crippen LogP contribution in [0.2, 0.25) is 0 Å². The summed E-state index contributed by atoms with van der Waals surface area (Å²) in [6.45, 7) is 1.02. The van der Waals surface area contributed by atoms with Crippen molar-refractivity contribution in [2.45, 2.75) is 6.54 Å². The summed E-state index contributed by atoms with van der Waals surface area (Å²) in [5.74, 6) is 1.04. The normalized spacial score (nSPS) is 10.4. The molecule has 2 heterocycles. The maximum Gasteiger partial charge on any atom is 0.319 e. The zero-order valence-corrected chi connectivity index (χ0v) is 15.4. The first-order valence-electron chi connectivity index (χ1n) is 8.03. The van der Waals surface area contributed by atoms with E-state index in [4.69, 9.17) is 9.47 Å². The lowest BCUT2D eigenvalue weighted by molar-refractivity contribution is 0.251. The summed E-state index contributed by atoms with van der Waals surface area (Å²) in [4.78, 5) is 12.1. The number of amides is 2. The van der Waals surface area contributed by atoms with E-state index in [1.54, 1.807) is 41.3 Å². The van der Waals surface area contributed by atoms with E-state index in [1.165, 1.54) is 7.11 Å². The van der Waals surface area contributed by atoms with Crippen molar-refractivity contribution in [1.29, 1.82) is 0 Å². The van der Waals surface area contributed by atoms with Crippen LogP contribution < -0.4 is 20.1 Å². The molecule has 0 saturated carbocycles. The summed E-state index contributed by atoms with van der Waals surface area (Å²) in [5, 5.41) is 14.1. The zero-order valence-electron chi connectivity index (χ0n) is 14.6. The number of aromatic nitrogens is 2. The Morgan fingerprint density at radius 3 is 2.85 bits per heavy atom. The Kier molecular flexibility index (Phi) is 5.75. The first kappa shape index (κ1) is 17.8. The van der Waals surface area contributed by atoms with Gasteiger partial charge in [0.25, 0.3) is 0 Å². The van der Waals surface area contributed by atoms with Gasteiger partial charge in [-0.25, -0.2) is 4.79 Å². The van der Waals surface area contributed by atoms with E-state index in [0.29, 0.717) is 30.3 Å². The number of rotatable bonds is 7. The van der Waals surface area contributed by atoms with Crippen LogP contribution in [0.1, 0.15) is 0 Å². The van der Waals surface area contributed by atoms with Crippen molar-refractivity contribution in [2.75, 3.05) is 26.1 Å². The molecule has 0 atom stereocenters. The van der Waals surface area contributed by atoms with Crippen molar-refractivity contribution < 1.29 is 14.3 Å². The van der Waals surface area contributed by atoms with E-state index in [2.05, 4.69) is 21.1 Å². The van der Waals surface area contributed by atoms with Crippen molar-refractivity contribution in [1.82, 2.24) is 15.1 Å². The third-order valence-corrected chi connectivity index (χ3v) is 4.42. The van der Waals surface area contributed by atoms with Crippen molar-refractivity contribution in [2.24, 2.45) is 0 Å². The van der Waals surface area contributed by atoms with Crippen molar-refractivity contribution in [3.63, 3.8) is 0 Å². The third-order valence-electron chi connectivity index (χ3n) is 3.74. The van der Waals surface area contributed by atoms with E-state index >= 15 is 0 Å². The van der Waals surface area contributed by atoms with Crippen LogP contribution in [0.5, 0.6) is 11.5 Å². The van der Waals surface area contributed by atoms with Crippen LogP contribution in [0.15, 0.2) is 47.3 Å². The second-order valence-electron chi connectivity index (χ2n) is 5.40. The predicted molar refractivity (Wildman–Crippen MR) is 102 cm³/mol. The number of thiophene rings is 1. The molecule has 3 rings (SSSR count). The van der Waals surface area contributed by atoms with Crippen LogP contribution in [-0.4, -0.2) is 36.6 Å². The molecule has 0 aliphatic rings. The second-order valence-corrected chi connectivity index (χ2v) is 6.18. The number of ether oxygens (including phenoxy) is 2. The van der Waals surface area contributed by atoms with Crippen LogP contribution in [0.3, 0.4) is 0 Å². The highest BCUT2D eigenvalue weighted by Crippen LogP contribution is 2.34. The number of benzene rings is 1. The monoisotopic (exact) mass is 372 g/mol. The molecule has 2 amide bonds. The highest BCUT2D eigenvalue weighted by Gasteiger charge is 2.11. The molecular formula is C18H20N4O3S. The van der Waals surface area contributed by atoms with Crippen LogP contribution in [0, 0.1) is 0 Å². The second kappa shape index (κ2) is 8.39. The zero-order chi connectivity index (χ0) is 18.4. The Bertz CT molecular complexity index is 861. The minimum atomic E-state index is -0.318.